The molecule has 0 unspecified atom stereocenters. The minimum absolute atomic E-state index is 0. The third-order valence-corrected chi connectivity index (χ3v) is 1.62. The summed E-state index contributed by atoms with van der Waals surface area (Å²) in [5, 5.41) is 3.27. The third-order valence-electron chi connectivity index (χ3n) is 1.62. The number of halogens is 12. The smallest absolute Gasteiger partial charge is 0.418 e. The zero-order valence-electron chi connectivity index (χ0n) is 11.6. The van der Waals surface area contributed by atoms with E-state index in [1.807, 2.05) is 0 Å². The third kappa shape index (κ3) is 102. The van der Waals surface area contributed by atoms with Crippen LogP contribution in [0.5, 0.6) is 0 Å². The summed E-state index contributed by atoms with van der Waals surface area (Å²) in [7, 11) is -16.2. The predicted molar refractivity (Wildman–Crippen MR) is 70.2 cm³/mol. The van der Waals surface area contributed by atoms with E-state index < -0.39 is 21.8 Å². The fourth-order valence-electron chi connectivity index (χ4n) is 1.03. The number of hydrogen-bond donors (Lipinski definition) is 1. The van der Waals surface area contributed by atoms with Crippen LogP contribution in [0.25, 0.3) is 0 Å². The van der Waals surface area contributed by atoms with Crippen molar-refractivity contribution in [3.8, 4) is 0 Å². The zero-order chi connectivity index (χ0) is 19.3. The molecule has 0 amide bonds. The van der Waals surface area contributed by atoms with E-state index >= 15 is 0 Å². The second-order valence-electron chi connectivity index (χ2n) is 3.67. The van der Waals surface area contributed by atoms with Crippen molar-refractivity contribution in [3.05, 3.63) is 0 Å². The summed E-state index contributed by atoms with van der Waals surface area (Å²) in [6.07, 6.45) is 2.88. The Morgan fingerprint density at radius 1 is 0.667 bits per heavy atom. The first-order valence-corrected chi connectivity index (χ1v) is 5.79. The molecule has 17 heteroatoms. The van der Waals surface area contributed by atoms with Gasteiger partial charge in [0.2, 0.25) is 0 Å². The van der Waals surface area contributed by atoms with Gasteiger partial charge in [-0.25, -0.2) is 0 Å². The minimum atomic E-state index is -6.00. The summed E-state index contributed by atoms with van der Waals surface area (Å²) in [4.78, 5) is 0. The molecule has 1 aliphatic rings. The van der Waals surface area contributed by atoms with Crippen LogP contribution in [0.3, 0.4) is 0 Å². The molecule has 0 aromatic carbocycles. The van der Waals surface area contributed by atoms with Crippen molar-refractivity contribution in [2.45, 2.75) is 26.4 Å². The fourth-order valence-corrected chi connectivity index (χ4v) is 1.03. The Labute approximate surface area is 131 Å². The first kappa shape index (κ1) is 31.1. The van der Waals surface area contributed by atoms with Crippen LogP contribution in [0.2, 0.25) is 0 Å². The van der Waals surface area contributed by atoms with Crippen molar-refractivity contribution >= 4 is 21.8 Å². The number of rotatable bonds is 1. The van der Waals surface area contributed by atoms with E-state index in [4.69, 9.17) is 4.74 Å². The molecule has 1 heterocycles. The fraction of sp³-hybridized carbons (Fsp3) is 1.00. The van der Waals surface area contributed by atoms with Gasteiger partial charge in [0.15, 0.2) is 0 Å². The van der Waals surface area contributed by atoms with Gasteiger partial charge in [0, 0.05) is 7.11 Å². The van der Waals surface area contributed by atoms with E-state index in [-0.39, 0.29) is 7.43 Å². The van der Waals surface area contributed by atoms with Crippen LogP contribution in [0.1, 0.15) is 20.3 Å². The van der Waals surface area contributed by atoms with E-state index in [9.17, 15) is 51.8 Å². The maximum absolute atomic E-state index is 9.75. The normalized spacial score (nSPS) is 15.4. The Hall–Kier alpha value is -0.725. The number of hydrogen-bond acceptors (Lipinski definition) is 2. The SMILES string of the molecule is C.COC1CCNCC1.F[B-](F)(F)F.F[B-](F)(F)F.F[B-](F)(F)F. The Bertz CT molecular complexity index is 218. The number of piperidine rings is 1. The average molecular weight is 392 g/mol. The van der Waals surface area contributed by atoms with Crippen LogP contribution >= 0.6 is 0 Å². The van der Waals surface area contributed by atoms with E-state index in [1.54, 1.807) is 7.11 Å². The Kier molecular flexibility index (Phi) is 18.9. The van der Waals surface area contributed by atoms with Gasteiger partial charge in [-0.1, -0.05) is 7.43 Å². The van der Waals surface area contributed by atoms with Crippen LogP contribution in [0.15, 0.2) is 0 Å². The molecule has 152 valence electrons. The first-order valence-electron chi connectivity index (χ1n) is 5.79. The lowest BCUT2D eigenvalue weighted by molar-refractivity contribution is 0.0765. The van der Waals surface area contributed by atoms with Gasteiger partial charge in [-0.15, -0.1) is 0 Å². The van der Waals surface area contributed by atoms with Gasteiger partial charge in [-0.3, -0.25) is 0 Å². The maximum atomic E-state index is 9.75. The van der Waals surface area contributed by atoms with Crippen LogP contribution in [0, 0.1) is 0 Å². The molecule has 0 spiro atoms. The number of methoxy groups -OCH3 is 1. The lowest BCUT2D eigenvalue weighted by atomic mass is 10.1. The molecular weight excluding hydrogens is 374 g/mol. The molecule has 0 aromatic rings. The number of nitrogens with one attached hydrogen (secondary N) is 1. The summed E-state index contributed by atoms with van der Waals surface area (Å²) in [6, 6.07) is 0. The first-order chi connectivity index (χ1) is 9.93. The second kappa shape index (κ2) is 14.6. The molecule has 1 N–H and O–H groups in total. The second-order valence-corrected chi connectivity index (χ2v) is 3.67. The maximum Gasteiger partial charge on any atom is 0.673 e. The molecule has 1 saturated heterocycles. The molecule has 24 heavy (non-hydrogen) atoms. The van der Waals surface area contributed by atoms with E-state index in [0.717, 1.165) is 13.1 Å². The highest BCUT2D eigenvalue weighted by Gasteiger charge is 2.21. The Morgan fingerprint density at radius 2 is 0.875 bits per heavy atom. The monoisotopic (exact) mass is 392 g/mol. The largest absolute Gasteiger partial charge is 0.673 e. The highest BCUT2D eigenvalue weighted by Crippen LogP contribution is 2.07. The summed E-state index contributed by atoms with van der Waals surface area (Å²) < 4.78 is 122. The molecule has 0 aromatic heterocycles. The average Bonchev–Trinajstić information content (AvgIpc) is 2.23. The van der Waals surface area contributed by atoms with Crippen LogP contribution < -0.4 is 5.32 Å². The molecule has 2 nitrogen and oxygen atoms in total. The van der Waals surface area contributed by atoms with Crippen molar-refractivity contribution in [2.75, 3.05) is 20.2 Å². The van der Waals surface area contributed by atoms with Gasteiger partial charge in [0.1, 0.15) is 0 Å². The molecule has 0 aliphatic carbocycles. The van der Waals surface area contributed by atoms with Gasteiger partial charge < -0.3 is 61.8 Å². The van der Waals surface area contributed by atoms with Gasteiger partial charge in [0.05, 0.1) is 6.10 Å². The molecule has 0 saturated carbocycles. The van der Waals surface area contributed by atoms with Gasteiger partial charge in [-0.2, -0.15) is 0 Å². The molecule has 0 radical (unpaired) electrons. The van der Waals surface area contributed by atoms with Gasteiger partial charge in [0.25, 0.3) is 0 Å². The Morgan fingerprint density at radius 3 is 1.00 bits per heavy atom. The Balaban J connectivity index is -0.000000113. The summed E-state index contributed by atoms with van der Waals surface area (Å²) in [5.41, 5.74) is 0. The van der Waals surface area contributed by atoms with Crippen LogP contribution in [-0.4, -0.2) is 48.1 Å². The van der Waals surface area contributed by atoms with Crippen molar-refractivity contribution in [1.82, 2.24) is 5.32 Å². The predicted octanol–water partition coefficient (Wildman–Crippen LogP) is 4.92. The zero-order valence-corrected chi connectivity index (χ0v) is 11.6. The van der Waals surface area contributed by atoms with Crippen LogP contribution in [-0.2, 0) is 4.74 Å². The molecule has 0 bridgehead atoms. The molecule has 1 fully saturated rings. The van der Waals surface area contributed by atoms with E-state index in [0.29, 0.717) is 6.10 Å². The highest BCUT2D eigenvalue weighted by molar-refractivity contribution is 6.50. The van der Waals surface area contributed by atoms with Gasteiger partial charge in [-0.05, 0) is 25.9 Å². The highest BCUT2D eigenvalue weighted by atomic mass is 19.5. The topological polar surface area (TPSA) is 21.3 Å². The van der Waals surface area contributed by atoms with E-state index in [2.05, 4.69) is 5.32 Å². The lowest BCUT2D eigenvalue weighted by Crippen LogP contribution is -2.31. The van der Waals surface area contributed by atoms with Gasteiger partial charge >= 0.3 is 21.8 Å². The van der Waals surface area contributed by atoms with Crippen molar-refractivity contribution < 1.29 is 56.5 Å². The summed E-state index contributed by atoms with van der Waals surface area (Å²) in [6.45, 7) is 2.25. The van der Waals surface area contributed by atoms with Crippen molar-refractivity contribution in [3.63, 3.8) is 0 Å². The van der Waals surface area contributed by atoms with Crippen molar-refractivity contribution in [1.29, 1.82) is 0 Å². The molecule has 1 rings (SSSR count). The summed E-state index contributed by atoms with van der Waals surface area (Å²) >= 11 is 0. The van der Waals surface area contributed by atoms with Crippen molar-refractivity contribution in [2.24, 2.45) is 0 Å². The molecule has 1 aliphatic heterocycles. The van der Waals surface area contributed by atoms with E-state index in [1.165, 1.54) is 12.8 Å². The molecular formula is C7H17B3F12NO-3. The quantitative estimate of drug-likeness (QED) is 0.506. The standard InChI is InChI=1S/C6H13NO.CH4.3BF4/c1-8-6-2-4-7-5-3-6;;3*2-1(3,4)5/h6-7H,2-5H2,1H3;1H4;;;/q;;3*-1. The summed E-state index contributed by atoms with van der Waals surface area (Å²) in [5.74, 6) is 0. The van der Waals surface area contributed by atoms with Crippen LogP contribution in [0.4, 0.5) is 51.8 Å². The lowest BCUT2D eigenvalue weighted by Gasteiger charge is -2.20. The molecule has 0 atom stereocenters. The minimum Gasteiger partial charge on any atom is -0.418 e. The number of ether oxygens (including phenoxy) is 1.